The van der Waals surface area contributed by atoms with E-state index in [-0.39, 0.29) is 5.41 Å². The fourth-order valence-electron chi connectivity index (χ4n) is 12.6. The van der Waals surface area contributed by atoms with Gasteiger partial charge in [-0.15, -0.1) is 0 Å². The van der Waals surface area contributed by atoms with E-state index in [9.17, 15) is 0 Å². The summed E-state index contributed by atoms with van der Waals surface area (Å²) in [6.45, 7) is 4.84. The summed E-state index contributed by atoms with van der Waals surface area (Å²) in [5.41, 5.74) is 16.0. The average Bonchev–Trinajstić information content (AvgIpc) is 3.48. The Hall–Kier alpha value is -5.92. The molecular formula is C57H49N. The Morgan fingerprint density at radius 3 is 1.67 bits per heavy atom. The normalized spacial score (nSPS) is 22.3. The number of benzene rings is 8. The molecule has 5 aliphatic carbocycles. The van der Waals surface area contributed by atoms with Gasteiger partial charge in [-0.2, -0.15) is 0 Å². The molecule has 0 N–H and O–H groups in total. The van der Waals surface area contributed by atoms with Crippen LogP contribution in [0.5, 0.6) is 0 Å². The number of hydrogen-bond acceptors (Lipinski definition) is 1. The highest BCUT2D eigenvalue weighted by atomic mass is 15.1. The van der Waals surface area contributed by atoms with Crippen LogP contribution in [0, 0.1) is 17.8 Å². The summed E-state index contributed by atoms with van der Waals surface area (Å²) in [6.07, 6.45) is 8.73. The summed E-state index contributed by atoms with van der Waals surface area (Å²) in [6, 6.07) is 64.2. The minimum Gasteiger partial charge on any atom is -0.310 e. The first-order chi connectivity index (χ1) is 28.4. The summed E-state index contributed by atoms with van der Waals surface area (Å²) in [5, 5.41) is 5.03. The topological polar surface area (TPSA) is 3.24 Å². The van der Waals surface area contributed by atoms with Crippen molar-refractivity contribution in [1.82, 2.24) is 0 Å². The molecule has 0 radical (unpaired) electrons. The third kappa shape index (κ3) is 5.29. The fraction of sp³-hybridized carbons (Fsp3) is 0.228. The van der Waals surface area contributed by atoms with Crippen LogP contribution in [-0.4, -0.2) is 0 Å². The van der Waals surface area contributed by atoms with Gasteiger partial charge in [0.05, 0.1) is 5.69 Å². The zero-order valence-electron chi connectivity index (χ0n) is 33.6. The zero-order valence-corrected chi connectivity index (χ0v) is 33.6. The van der Waals surface area contributed by atoms with Gasteiger partial charge in [0.1, 0.15) is 0 Å². The maximum atomic E-state index is 2.50. The van der Waals surface area contributed by atoms with Gasteiger partial charge in [-0.05, 0) is 164 Å². The van der Waals surface area contributed by atoms with Crippen molar-refractivity contribution >= 4 is 38.6 Å². The van der Waals surface area contributed by atoms with Gasteiger partial charge in [0.25, 0.3) is 0 Å². The van der Waals surface area contributed by atoms with Gasteiger partial charge in [0.15, 0.2) is 0 Å². The summed E-state index contributed by atoms with van der Waals surface area (Å²) in [5.74, 6) is 2.90. The van der Waals surface area contributed by atoms with Crippen molar-refractivity contribution in [2.24, 2.45) is 17.8 Å². The third-order valence-corrected chi connectivity index (χ3v) is 15.0. The summed E-state index contributed by atoms with van der Waals surface area (Å²) < 4.78 is 0. The van der Waals surface area contributed by atoms with E-state index in [1.807, 2.05) is 0 Å². The molecule has 0 aliphatic heterocycles. The molecule has 0 amide bonds. The Bertz CT molecular complexity index is 2850. The molecule has 1 nitrogen and oxygen atoms in total. The largest absolute Gasteiger partial charge is 0.310 e. The van der Waals surface area contributed by atoms with Crippen LogP contribution in [-0.2, 0) is 10.8 Å². The Balaban J connectivity index is 0.912. The highest BCUT2D eigenvalue weighted by molar-refractivity contribution is 6.00. The summed E-state index contributed by atoms with van der Waals surface area (Å²) in [7, 11) is 0. The maximum absolute atomic E-state index is 2.50. The van der Waals surface area contributed by atoms with Crippen molar-refractivity contribution in [2.45, 2.75) is 63.2 Å². The van der Waals surface area contributed by atoms with Gasteiger partial charge in [0, 0.05) is 22.2 Å². The number of anilines is 3. The number of nitrogens with zero attached hydrogens (tertiary/aromatic N) is 1. The zero-order chi connectivity index (χ0) is 38.6. The van der Waals surface area contributed by atoms with E-state index in [1.165, 1.54) is 116 Å². The summed E-state index contributed by atoms with van der Waals surface area (Å²) >= 11 is 0. The molecule has 4 fully saturated rings. The lowest BCUT2D eigenvalue weighted by atomic mass is 9.48. The standard InChI is InChI=1S/C57H49N/c1-56(2)53-32-44(40-17-22-45(23-18-40)57-34-37-29-38(35-57)31-39(30-37)36-57)21-27-51(53)52-28-26-47(33-54(52)56)58(55-16-8-12-42-10-4-6-14-50(42)55)46-24-19-43(20-25-46)49-15-7-11-41-9-3-5-13-48(41)49/h3-28,32-33,37-39H,29-31,34-36H2,1-2H3. The van der Waals surface area contributed by atoms with Gasteiger partial charge in [-0.3, -0.25) is 0 Å². The lowest BCUT2D eigenvalue weighted by Crippen LogP contribution is -2.48. The Morgan fingerprint density at radius 2 is 0.966 bits per heavy atom. The SMILES string of the molecule is CC1(C)c2cc(-c3ccc(C45CC6CC(CC(C6)C4)C5)cc3)ccc2-c2ccc(N(c3ccc(-c4cccc5ccccc45)cc3)c3cccc4ccccc34)cc21. The van der Waals surface area contributed by atoms with Gasteiger partial charge in [0.2, 0.25) is 0 Å². The quantitative estimate of drug-likeness (QED) is 0.164. The second kappa shape index (κ2) is 12.8. The molecule has 0 atom stereocenters. The van der Waals surface area contributed by atoms with Crippen molar-refractivity contribution in [3.63, 3.8) is 0 Å². The van der Waals surface area contributed by atoms with E-state index in [0.29, 0.717) is 5.41 Å². The monoisotopic (exact) mass is 747 g/mol. The first-order valence-corrected chi connectivity index (χ1v) is 21.7. The molecule has 13 rings (SSSR count). The molecule has 8 aromatic carbocycles. The smallest absolute Gasteiger partial charge is 0.0540 e. The Kier molecular flexibility index (Phi) is 7.53. The van der Waals surface area contributed by atoms with E-state index in [0.717, 1.165) is 23.4 Å². The van der Waals surface area contributed by atoms with Gasteiger partial charge in [-0.25, -0.2) is 0 Å². The van der Waals surface area contributed by atoms with E-state index in [4.69, 9.17) is 0 Å². The molecule has 1 heteroatoms. The number of fused-ring (bicyclic) bond motifs is 5. The predicted molar refractivity (Wildman–Crippen MR) is 244 cm³/mol. The lowest BCUT2D eigenvalue weighted by Gasteiger charge is -2.57. The van der Waals surface area contributed by atoms with Crippen molar-refractivity contribution in [3.8, 4) is 33.4 Å². The molecule has 0 heterocycles. The van der Waals surface area contributed by atoms with E-state index >= 15 is 0 Å². The molecule has 0 spiro atoms. The molecule has 0 unspecified atom stereocenters. The van der Waals surface area contributed by atoms with Crippen LogP contribution in [0.15, 0.2) is 170 Å². The Labute approximate surface area is 343 Å². The van der Waals surface area contributed by atoms with Crippen LogP contribution in [0.3, 0.4) is 0 Å². The first-order valence-electron chi connectivity index (χ1n) is 21.7. The molecule has 5 aliphatic rings. The molecule has 4 bridgehead atoms. The highest BCUT2D eigenvalue weighted by Gasteiger charge is 2.51. The van der Waals surface area contributed by atoms with Crippen molar-refractivity contribution in [3.05, 3.63) is 187 Å². The van der Waals surface area contributed by atoms with E-state index in [1.54, 1.807) is 5.56 Å². The van der Waals surface area contributed by atoms with E-state index < -0.39 is 0 Å². The minimum absolute atomic E-state index is 0.154. The molecule has 0 saturated heterocycles. The van der Waals surface area contributed by atoms with Gasteiger partial charge < -0.3 is 4.90 Å². The van der Waals surface area contributed by atoms with Crippen LogP contribution in [0.2, 0.25) is 0 Å². The molecule has 4 saturated carbocycles. The number of hydrogen-bond donors (Lipinski definition) is 0. The summed E-state index contributed by atoms with van der Waals surface area (Å²) in [4.78, 5) is 2.46. The van der Waals surface area contributed by atoms with Gasteiger partial charge >= 0.3 is 0 Å². The van der Waals surface area contributed by atoms with Crippen LogP contribution >= 0.6 is 0 Å². The van der Waals surface area contributed by atoms with Crippen molar-refractivity contribution in [1.29, 1.82) is 0 Å². The lowest BCUT2D eigenvalue weighted by molar-refractivity contribution is -0.00518. The predicted octanol–water partition coefficient (Wildman–Crippen LogP) is 15.6. The third-order valence-electron chi connectivity index (χ3n) is 15.0. The fourth-order valence-corrected chi connectivity index (χ4v) is 12.6. The van der Waals surface area contributed by atoms with Gasteiger partial charge in [-0.1, -0.05) is 147 Å². The van der Waals surface area contributed by atoms with Crippen LogP contribution in [0.4, 0.5) is 17.1 Å². The second-order valence-electron chi connectivity index (χ2n) is 18.8. The van der Waals surface area contributed by atoms with Crippen LogP contribution in [0.1, 0.15) is 69.1 Å². The van der Waals surface area contributed by atoms with Crippen LogP contribution < -0.4 is 4.90 Å². The first kappa shape index (κ1) is 34.1. The maximum Gasteiger partial charge on any atom is 0.0540 e. The molecular weight excluding hydrogens is 699 g/mol. The molecule has 8 aromatic rings. The second-order valence-corrected chi connectivity index (χ2v) is 18.8. The van der Waals surface area contributed by atoms with Crippen molar-refractivity contribution < 1.29 is 0 Å². The van der Waals surface area contributed by atoms with Crippen molar-refractivity contribution in [2.75, 3.05) is 4.90 Å². The highest BCUT2D eigenvalue weighted by Crippen LogP contribution is 2.61. The molecule has 0 aromatic heterocycles. The number of rotatable bonds is 6. The Morgan fingerprint density at radius 1 is 0.431 bits per heavy atom. The molecule has 58 heavy (non-hydrogen) atoms. The minimum atomic E-state index is -0.154. The van der Waals surface area contributed by atoms with Crippen LogP contribution in [0.25, 0.3) is 54.9 Å². The average molecular weight is 748 g/mol. The molecule has 282 valence electrons. The van der Waals surface area contributed by atoms with E-state index in [2.05, 4.69) is 189 Å².